The van der Waals surface area contributed by atoms with E-state index in [1.165, 1.54) is 11.1 Å². The minimum Gasteiger partial charge on any atom is -0.147 e. The van der Waals surface area contributed by atoms with Crippen molar-refractivity contribution in [2.75, 3.05) is 0 Å². The van der Waals surface area contributed by atoms with Crippen molar-refractivity contribution in [1.29, 1.82) is 0 Å². The molecule has 0 saturated carbocycles. The first-order valence-electron chi connectivity index (χ1n) is 4.53. The number of benzene rings is 2. The van der Waals surface area contributed by atoms with Crippen LogP contribution in [0.3, 0.4) is 0 Å². The van der Waals surface area contributed by atoms with Crippen LogP contribution in [0.2, 0.25) is 0 Å². The molecule has 0 saturated heterocycles. The first-order chi connectivity index (χ1) is 6.45. The van der Waals surface area contributed by atoms with Crippen molar-refractivity contribution in [2.45, 2.75) is 6.42 Å². The predicted molar refractivity (Wildman–Crippen MR) is 62.9 cm³/mol. The number of hydrogen-bond donors (Lipinski definition) is 0. The summed E-state index contributed by atoms with van der Waals surface area (Å²) in [6.07, 6.45) is 1.03. The van der Waals surface area contributed by atoms with Gasteiger partial charge in [0.05, 0.1) is 0 Å². The summed E-state index contributed by atoms with van der Waals surface area (Å²) in [5, 5.41) is 0. The molecule has 0 fully saturated rings. The highest BCUT2D eigenvalue weighted by molar-refractivity contribution is 5.85. The van der Waals surface area contributed by atoms with Crippen molar-refractivity contribution in [3.63, 3.8) is 0 Å². The van der Waals surface area contributed by atoms with Gasteiger partial charge in [-0.2, -0.15) is 0 Å². The van der Waals surface area contributed by atoms with E-state index in [0.29, 0.717) is 0 Å². The SMILES string of the molecule is Cl.c1ccc(Cc2ccccc2)cc1. The molecule has 0 aliphatic heterocycles. The molecule has 0 heterocycles. The fraction of sp³-hybridized carbons (Fsp3) is 0.0769. The van der Waals surface area contributed by atoms with E-state index in [1.54, 1.807) is 0 Å². The zero-order valence-corrected chi connectivity index (χ0v) is 8.71. The first-order valence-corrected chi connectivity index (χ1v) is 4.53. The molecule has 0 nitrogen and oxygen atoms in total. The molecule has 0 amide bonds. The maximum Gasteiger partial charge on any atom is -0.00258 e. The van der Waals surface area contributed by atoms with Crippen molar-refractivity contribution in [1.82, 2.24) is 0 Å². The van der Waals surface area contributed by atoms with E-state index < -0.39 is 0 Å². The van der Waals surface area contributed by atoms with Crippen LogP contribution in [0.15, 0.2) is 60.7 Å². The Bertz CT molecular complexity index is 316. The second kappa shape index (κ2) is 5.46. The minimum atomic E-state index is 0. The van der Waals surface area contributed by atoms with Gasteiger partial charge in [-0.25, -0.2) is 0 Å². The van der Waals surface area contributed by atoms with Gasteiger partial charge in [-0.1, -0.05) is 60.7 Å². The van der Waals surface area contributed by atoms with Gasteiger partial charge in [0.25, 0.3) is 0 Å². The summed E-state index contributed by atoms with van der Waals surface area (Å²) in [5.74, 6) is 0. The third kappa shape index (κ3) is 2.90. The number of halogens is 1. The van der Waals surface area contributed by atoms with Gasteiger partial charge in [-0.05, 0) is 17.5 Å². The highest BCUT2D eigenvalue weighted by atomic mass is 35.5. The topological polar surface area (TPSA) is 0 Å². The molecule has 0 N–H and O–H groups in total. The van der Waals surface area contributed by atoms with Gasteiger partial charge in [-0.15, -0.1) is 12.4 Å². The lowest BCUT2D eigenvalue weighted by Crippen LogP contribution is -1.85. The van der Waals surface area contributed by atoms with Crippen LogP contribution in [0.1, 0.15) is 11.1 Å². The zero-order valence-electron chi connectivity index (χ0n) is 7.89. The van der Waals surface area contributed by atoms with Gasteiger partial charge >= 0.3 is 0 Å². The van der Waals surface area contributed by atoms with E-state index in [9.17, 15) is 0 Å². The van der Waals surface area contributed by atoms with E-state index in [4.69, 9.17) is 0 Å². The van der Waals surface area contributed by atoms with Crippen LogP contribution in [-0.2, 0) is 6.42 Å². The second-order valence-corrected chi connectivity index (χ2v) is 3.15. The molecule has 1 heteroatoms. The van der Waals surface area contributed by atoms with E-state index >= 15 is 0 Å². The average molecular weight is 205 g/mol. The molecule has 0 atom stereocenters. The summed E-state index contributed by atoms with van der Waals surface area (Å²) in [4.78, 5) is 0. The van der Waals surface area contributed by atoms with Crippen LogP contribution >= 0.6 is 12.4 Å². The summed E-state index contributed by atoms with van der Waals surface area (Å²) in [7, 11) is 0. The lowest BCUT2D eigenvalue weighted by atomic mass is 10.1. The zero-order chi connectivity index (χ0) is 8.93. The van der Waals surface area contributed by atoms with Crippen molar-refractivity contribution in [2.24, 2.45) is 0 Å². The van der Waals surface area contributed by atoms with E-state index in [1.807, 2.05) is 0 Å². The van der Waals surface area contributed by atoms with Crippen LogP contribution in [0.5, 0.6) is 0 Å². The largest absolute Gasteiger partial charge is 0.147 e. The predicted octanol–water partition coefficient (Wildman–Crippen LogP) is 3.70. The van der Waals surface area contributed by atoms with Gasteiger partial charge < -0.3 is 0 Å². The number of rotatable bonds is 2. The molecular formula is C13H13Cl. The Balaban J connectivity index is 0.000000980. The Hall–Kier alpha value is -1.27. The van der Waals surface area contributed by atoms with Gasteiger partial charge in [0.1, 0.15) is 0 Å². The Morgan fingerprint density at radius 2 is 0.929 bits per heavy atom. The molecule has 0 aliphatic carbocycles. The van der Waals surface area contributed by atoms with Crippen LogP contribution in [0, 0.1) is 0 Å². The summed E-state index contributed by atoms with van der Waals surface area (Å²) >= 11 is 0. The van der Waals surface area contributed by atoms with Crippen LogP contribution in [-0.4, -0.2) is 0 Å². The molecule has 72 valence electrons. The van der Waals surface area contributed by atoms with E-state index in [0.717, 1.165) is 6.42 Å². The molecule has 0 unspecified atom stereocenters. The van der Waals surface area contributed by atoms with Crippen LogP contribution in [0.4, 0.5) is 0 Å². The van der Waals surface area contributed by atoms with Gasteiger partial charge in [0.2, 0.25) is 0 Å². The molecule has 0 spiro atoms. The molecule has 2 rings (SSSR count). The van der Waals surface area contributed by atoms with Crippen molar-refractivity contribution in [3.8, 4) is 0 Å². The average Bonchev–Trinajstić information content (AvgIpc) is 2.21. The second-order valence-electron chi connectivity index (χ2n) is 3.15. The quantitative estimate of drug-likeness (QED) is 0.700. The van der Waals surface area contributed by atoms with Crippen molar-refractivity contribution >= 4 is 12.4 Å². The lowest BCUT2D eigenvalue weighted by Gasteiger charge is -2.00. The van der Waals surface area contributed by atoms with E-state index in [-0.39, 0.29) is 12.4 Å². The lowest BCUT2D eigenvalue weighted by molar-refractivity contribution is 1.19. The van der Waals surface area contributed by atoms with Crippen molar-refractivity contribution < 1.29 is 0 Å². The fourth-order valence-electron chi connectivity index (χ4n) is 1.43. The maximum atomic E-state index is 2.16. The minimum absolute atomic E-state index is 0. The smallest absolute Gasteiger partial charge is 0.00258 e. The van der Waals surface area contributed by atoms with Gasteiger partial charge in [0, 0.05) is 0 Å². The first kappa shape index (κ1) is 10.8. The normalized spacial score (nSPS) is 9.14. The highest BCUT2D eigenvalue weighted by Crippen LogP contribution is 2.07. The highest BCUT2D eigenvalue weighted by Gasteiger charge is 1.92. The molecule has 2 aromatic rings. The molecule has 14 heavy (non-hydrogen) atoms. The Morgan fingerprint density at radius 1 is 0.571 bits per heavy atom. The van der Waals surface area contributed by atoms with Crippen LogP contribution in [0.25, 0.3) is 0 Å². The third-order valence-electron chi connectivity index (χ3n) is 2.09. The molecular weight excluding hydrogens is 192 g/mol. The molecule has 2 aromatic carbocycles. The third-order valence-corrected chi connectivity index (χ3v) is 2.09. The Morgan fingerprint density at radius 3 is 1.29 bits per heavy atom. The van der Waals surface area contributed by atoms with E-state index in [2.05, 4.69) is 60.7 Å². The summed E-state index contributed by atoms with van der Waals surface area (Å²) in [6.45, 7) is 0. The summed E-state index contributed by atoms with van der Waals surface area (Å²) < 4.78 is 0. The van der Waals surface area contributed by atoms with Crippen LogP contribution < -0.4 is 0 Å². The maximum absolute atomic E-state index is 2.16. The molecule has 0 radical (unpaired) electrons. The summed E-state index contributed by atoms with van der Waals surface area (Å²) in [6, 6.07) is 21.1. The molecule has 0 aliphatic rings. The van der Waals surface area contributed by atoms with Crippen molar-refractivity contribution in [3.05, 3.63) is 71.8 Å². The summed E-state index contributed by atoms with van der Waals surface area (Å²) in [5.41, 5.74) is 2.74. The fourth-order valence-corrected chi connectivity index (χ4v) is 1.43. The monoisotopic (exact) mass is 204 g/mol. The Labute approximate surface area is 91.0 Å². The van der Waals surface area contributed by atoms with Gasteiger partial charge in [-0.3, -0.25) is 0 Å². The molecule has 0 bridgehead atoms. The number of hydrogen-bond acceptors (Lipinski definition) is 0. The standard InChI is InChI=1S/C13H12.ClH/c1-3-7-12(8-4-1)11-13-9-5-2-6-10-13;/h1-10H,11H2;1H. The Kier molecular flexibility index (Phi) is 4.21. The molecule has 0 aromatic heterocycles. The van der Waals surface area contributed by atoms with Gasteiger partial charge in [0.15, 0.2) is 0 Å².